The van der Waals surface area contributed by atoms with Crippen molar-refractivity contribution in [2.24, 2.45) is 0 Å². The Labute approximate surface area is 180 Å². The molecule has 3 aromatic rings. The lowest BCUT2D eigenvalue weighted by molar-refractivity contribution is 0.226. The lowest BCUT2D eigenvalue weighted by Crippen LogP contribution is -2.30. The fourth-order valence-electron chi connectivity index (χ4n) is 3.93. The number of likely N-dealkylation sites (tertiary alicyclic amines) is 1. The van der Waals surface area contributed by atoms with E-state index >= 15 is 0 Å². The normalized spacial score (nSPS) is 14.5. The fraction of sp³-hybridized carbons (Fsp3) is 0.348. The average Bonchev–Trinajstić information content (AvgIpc) is 2.75. The maximum Gasteiger partial charge on any atom is 0.235 e. The van der Waals surface area contributed by atoms with E-state index in [-0.39, 0.29) is 34.9 Å². The van der Waals surface area contributed by atoms with Gasteiger partial charge in [-0.1, -0.05) is 30.7 Å². The monoisotopic (exact) mass is 431 g/mol. The molecule has 7 heteroatoms. The van der Waals surface area contributed by atoms with Crippen LogP contribution in [0.5, 0.6) is 17.2 Å². The van der Waals surface area contributed by atoms with Gasteiger partial charge in [0.1, 0.15) is 0 Å². The largest absolute Gasteiger partial charge is 0.504 e. The van der Waals surface area contributed by atoms with Gasteiger partial charge in [0.15, 0.2) is 17.1 Å². The van der Waals surface area contributed by atoms with E-state index in [1.54, 1.807) is 12.1 Å². The van der Waals surface area contributed by atoms with Crippen molar-refractivity contribution in [2.75, 3.05) is 19.6 Å². The molecule has 4 rings (SSSR count). The molecule has 1 saturated heterocycles. The van der Waals surface area contributed by atoms with Gasteiger partial charge in [-0.2, -0.15) is 0 Å². The van der Waals surface area contributed by atoms with E-state index in [2.05, 4.69) is 4.90 Å². The van der Waals surface area contributed by atoms with Crippen molar-refractivity contribution in [3.63, 3.8) is 0 Å². The molecule has 0 amide bonds. The number of benzene rings is 2. The molecule has 1 aromatic heterocycles. The Balaban J connectivity index is 0.00000256. The highest BCUT2D eigenvalue weighted by atomic mass is 35.5. The van der Waals surface area contributed by atoms with Crippen molar-refractivity contribution in [3.8, 4) is 28.6 Å². The average molecular weight is 432 g/mol. The number of aromatic hydroxyl groups is 3. The maximum atomic E-state index is 12.4. The zero-order valence-corrected chi connectivity index (χ0v) is 17.5. The van der Waals surface area contributed by atoms with Gasteiger partial charge in [-0.05, 0) is 63.0 Å². The Kier molecular flexibility index (Phi) is 6.90. The number of aryl methyl sites for hydroxylation is 1. The standard InChI is InChI=1S/C23H25NO5.ClH/c25-18-11-10-17-19(26)21(28)22(29-23(17)20(18)27)16-8-6-15(7-9-16)5-4-14-24-12-2-1-3-13-24;/h6-11,25,27-28H,1-5,12-14H2;1H. The minimum absolute atomic E-state index is 0. The highest BCUT2D eigenvalue weighted by Crippen LogP contribution is 2.37. The first-order valence-electron chi connectivity index (χ1n) is 10.1. The van der Waals surface area contributed by atoms with E-state index in [0.29, 0.717) is 5.56 Å². The fourth-order valence-corrected chi connectivity index (χ4v) is 3.93. The third-order valence-corrected chi connectivity index (χ3v) is 5.59. The van der Waals surface area contributed by atoms with E-state index in [0.717, 1.165) is 19.4 Å². The van der Waals surface area contributed by atoms with Crippen LogP contribution in [0.3, 0.4) is 0 Å². The second-order valence-corrected chi connectivity index (χ2v) is 7.62. The number of halogens is 1. The number of hydrogen-bond donors (Lipinski definition) is 3. The lowest BCUT2D eigenvalue weighted by atomic mass is 10.0. The Morgan fingerprint density at radius 2 is 1.60 bits per heavy atom. The molecule has 0 atom stereocenters. The minimum Gasteiger partial charge on any atom is -0.504 e. The summed E-state index contributed by atoms with van der Waals surface area (Å²) < 4.78 is 5.60. The number of phenols is 2. The van der Waals surface area contributed by atoms with Gasteiger partial charge < -0.3 is 24.6 Å². The minimum atomic E-state index is -0.651. The van der Waals surface area contributed by atoms with E-state index in [9.17, 15) is 20.1 Å². The Morgan fingerprint density at radius 3 is 2.30 bits per heavy atom. The van der Waals surface area contributed by atoms with Gasteiger partial charge in [0.25, 0.3) is 0 Å². The molecule has 0 aliphatic carbocycles. The number of hydrogen-bond acceptors (Lipinski definition) is 6. The molecule has 0 bridgehead atoms. The lowest BCUT2D eigenvalue weighted by Gasteiger charge is -2.26. The second-order valence-electron chi connectivity index (χ2n) is 7.62. The molecule has 2 heterocycles. The van der Waals surface area contributed by atoms with Crippen LogP contribution in [0.2, 0.25) is 0 Å². The first kappa shape index (κ1) is 22.0. The van der Waals surface area contributed by atoms with Crippen LogP contribution >= 0.6 is 12.4 Å². The van der Waals surface area contributed by atoms with Crippen LogP contribution in [-0.2, 0) is 6.42 Å². The molecular formula is C23H26ClNO5. The van der Waals surface area contributed by atoms with Gasteiger partial charge in [0, 0.05) is 5.56 Å². The predicted molar refractivity (Wildman–Crippen MR) is 119 cm³/mol. The van der Waals surface area contributed by atoms with Crippen molar-refractivity contribution >= 4 is 23.4 Å². The van der Waals surface area contributed by atoms with Crippen molar-refractivity contribution in [1.29, 1.82) is 0 Å². The summed E-state index contributed by atoms with van der Waals surface area (Å²) in [6, 6.07) is 9.99. The summed E-state index contributed by atoms with van der Waals surface area (Å²) in [4.78, 5) is 15.0. The van der Waals surface area contributed by atoms with E-state index < -0.39 is 16.9 Å². The van der Waals surface area contributed by atoms with Crippen LogP contribution in [0.25, 0.3) is 22.3 Å². The molecular weight excluding hydrogens is 406 g/mol. The molecule has 1 aliphatic heterocycles. The summed E-state index contributed by atoms with van der Waals surface area (Å²) in [6.07, 6.45) is 5.97. The molecule has 0 unspecified atom stereocenters. The van der Waals surface area contributed by atoms with E-state index in [1.807, 2.05) is 12.1 Å². The molecule has 160 valence electrons. The smallest absolute Gasteiger partial charge is 0.235 e. The van der Waals surface area contributed by atoms with Crippen molar-refractivity contribution in [1.82, 2.24) is 4.90 Å². The topological polar surface area (TPSA) is 94.1 Å². The van der Waals surface area contributed by atoms with Crippen LogP contribution in [0.4, 0.5) is 0 Å². The summed E-state index contributed by atoms with van der Waals surface area (Å²) in [5.74, 6) is -1.44. The van der Waals surface area contributed by atoms with Crippen LogP contribution in [0, 0.1) is 0 Å². The van der Waals surface area contributed by atoms with E-state index in [4.69, 9.17) is 4.42 Å². The Bertz CT molecular complexity index is 1070. The summed E-state index contributed by atoms with van der Waals surface area (Å²) in [7, 11) is 0. The SMILES string of the molecule is Cl.O=c1c(O)c(-c2ccc(CCCN3CCCCC3)cc2)oc2c(O)c(O)ccc12. The number of fused-ring (bicyclic) bond motifs is 1. The molecule has 0 saturated carbocycles. The summed E-state index contributed by atoms with van der Waals surface area (Å²) in [5, 5.41) is 30.0. The number of phenolic OH excluding ortho intramolecular Hbond substituents is 2. The molecule has 6 nitrogen and oxygen atoms in total. The molecule has 1 aliphatic rings. The molecule has 0 radical (unpaired) electrons. The highest BCUT2D eigenvalue weighted by Gasteiger charge is 2.19. The first-order valence-corrected chi connectivity index (χ1v) is 10.1. The summed E-state index contributed by atoms with van der Waals surface area (Å²) in [5.41, 5.74) is 0.911. The van der Waals surface area contributed by atoms with Crippen LogP contribution in [0.1, 0.15) is 31.2 Å². The molecule has 30 heavy (non-hydrogen) atoms. The zero-order chi connectivity index (χ0) is 20.4. The molecule has 0 spiro atoms. The number of piperidine rings is 1. The maximum absolute atomic E-state index is 12.4. The molecule has 2 aromatic carbocycles. The van der Waals surface area contributed by atoms with Gasteiger partial charge in [-0.15, -0.1) is 12.4 Å². The third kappa shape index (κ3) is 4.40. The first-order chi connectivity index (χ1) is 14.0. The predicted octanol–water partition coefficient (Wildman–Crippen LogP) is 4.42. The van der Waals surface area contributed by atoms with Gasteiger partial charge in [-0.25, -0.2) is 0 Å². The highest BCUT2D eigenvalue weighted by molar-refractivity contribution is 5.88. The molecule has 3 N–H and O–H groups in total. The Hall–Kier alpha value is -2.70. The second kappa shape index (κ2) is 9.41. The third-order valence-electron chi connectivity index (χ3n) is 5.59. The quantitative estimate of drug-likeness (QED) is 0.518. The summed E-state index contributed by atoms with van der Waals surface area (Å²) in [6.45, 7) is 3.49. The summed E-state index contributed by atoms with van der Waals surface area (Å²) >= 11 is 0. The van der Waals surface area contributed by atoms with Crippen molar-refractivity contribution < 1.29 is 19.7 Å². The number of nitrogens with zero attached hydrogens (tertiary/aromatic N) is 1. The van der Waals surface area contributed by atoms with Crippen molar-refractivity contribution in [2.45, 2.75) is 32.1 Å². The van der Waals surface area contributed by atoms with Crippen molar-refractivity contribution in [3.05, 3.63) is 52.2 Å². The number of rotatable bonds is 5. The van der Waals surface area contributed by atoms with E-state index in [1.165, 1.54) is 50.0 Å². The molecule has 1 fully saturated rings. The van der Waals surface area contributed by atoms with Gasteiger partial charge in [-0.3, -0.25) is 4.79 Å². The zero-order valence-electron chi connectivity index (χ0n) is 16.6. The van der Waals surface area contributed by atoms with Crippen LogP contribution in [-0.4, -0.2) is 39.9 Å². The van der Waals surface area contributed by atoms with Gasteiger partial charge >= 0.3 is 0 Å². The van der Waals surface area contributed by atoms with Crippen LogP contribution in [0.15, 0.2) is 45.6 Å². The van der Waals surface area contributed by atoms with Gasteiger partial charge in [0.05, 0.1) is 5.39 Å². The van der Waals surface area contributed by atoms with Gasteiger partial charge in [0.2, 0.25) is 16.9 Å². The Morgan fingerprint density at radius 1 is 0.900 bits per heavy atom. The van der Waals surface area contributed by atoms with Crippen LogP contribution < -0.4 is 5.43 Å².